The first-order valence-corrected chi connectivity index (χ1v) is 14.0. The van der Waals surface area contributed by atoms with Crippen molar-refractivity contribution < 1.29 is 9.59 Å². The van der Waals surface area contributed by atoms with Crippen molar-refractivity contribution in [3.63, 3.8) is 0 Å². The lowest BCUT2D eigenvalue weighted by Crippen LogP contribution is -2.65. The third-order valence-electron chi connectivity index (χ3n) is 8.79. The van der Waals surface area contributed by atoms with Gasteiger partial charge >= 0.3 is 0 Å². The van der Waals surface area contributed by atoms with E-state index in [1.54, 1.807) is 0 Å². The van der Waals surface area contributed by atoms with Gasteiger partial charge in [-0.3, -0.25) is 9.59 Å². The number of benzene rings is 1. The third-order valence-corrected chi connectivity index (χ3v) is 8.79. The van der Waals surface area contributed by atoms with E-state index in [9.17, 15) is 9.59 Å². The van der Waals surface area contributed by atoms with Crippen LogP contribution in [-0.4, -0.2) is 68.9 Å². The van der Waals surface area contributed by atoms with Crippen molar-refractivity contribution in [3.05, 3.63) is 30.1 Å². The van der Waals surface area contributed by atoms with Gasteiger partial charge in [0.2, 0.25) is 5.91 Å². The second-order valence-electron chi connectivity index (χ2n) is 12.2. The van der Waals surface area contributed by atoms with E-state index in [1.165, 1.54) is 6.42 Å². The van der Waals surface area contributed by atoms with Gasteiger partial charge in [0.05, 0.1) is 17.6 Å². The molecule has 1 N–H and O–H groups in total. The summed E-state index contributed by atoms with van der Waals surface area (Å²) in [5.74, 6) is 2.43. The highest BCUT2D eigenvalue weighted by Crippen LogP contribution is 2.32. The maximum Gasteiger partial charge on any atom is 0.290 e. The first-order chi connectivity index (χ1) is 17.2. The monoisotopic (exact) mass is 493 g/mol. The second-order valence-corrected chi connectivity index (χ2v) is 12.2. The molecular formula is C29H43N5O2. The van der Waals surface area contributed by atoms with Crippen molar-refractivity contribution >= 4 is 22.8 Å². The Bertz CT molecular complexity index is 1090. The lowest BCUT2D eigenvalue weighted by atomic mass is 9.86. The molecule has 3 aliphatic rings. The van der Waals surface area contributed by atoms with Crippen molar-refractivity contribution in [3.8, 4) is 0 Å². The van der Waals surface area contributed by atoms with E-state index in [0.29, 0.717) is 30.7 Å². The molecule has 7 nitrogen and oxygen atoms in total. The Labute approximate surface area is 215 Å². The van der Waals surface area contributed by atoms with E-state index in [0.717, 1.165) is 68.7 Å². The molecule has 5 rings (SSSR count). The summed E-state index contributed by atoms with van der Waals surface area (Å²) in [5, 5.41) is 3.35. The fourth-order valence-corrected chi connectivity index (χ4v) is 6.85. The van der Waals surface area contributed by atoms with Gasteiger partial charge in [0, 0.05) is 25.7 Å². The van der Waals surface area contributed by atoms with Crippen LogP contribution in [0.1, 0.15) is 76.8 Å². The first kappa shape index (κ1) is 25.2. The van der Waals surface area contributed by atoms with Crippen molar-refractivity contribution in [2.24, 2.45) is 17.8 Å². The number of carbonyl (C=O) groups is 2. The molecule has 3 heterocycles. The molecule has 1 aromatic carbocycles. The quantitative estimate of drug-likeness (QED) is 0.651. The summed E-state index contributed by atoms with van der Waals surface area (Å²) in [6, 6.07) is 8.04. The third kappa shape index (κ3) is 4.91. The topological polar surface area (TPSA) is 70.5 Å². The number of nitrogens with zero attached hydrogens (tertiary/aromatic N) is 4. The average Bonchev–Trinajstić information content (AvgIpc) is 3.20. The van der Waals surface area contributed by atoms with E-state index in [1.807, 2.05) is 40.7 Å². The molecule has 3 atom stereocenters. The van der Waals surface area contributed by atoms with Gasteiger partial charge in [-0.25, -0.2) is 4.98 Å². The standard InChI is InChI=1S/C29H43N5O2/c1-20-10-12-23(13-11-20)30-28(36)29(4)19-33-25-9-6-5-8-24(25)31-26(33)27(35)34(29)15-7-14-32-17-21(2)16-22(3)18-32/h5-6,8-9,20-23H,7,10-19H2,1-4H3,(H,30,36)/t20?,21-,22-,23?,29-/m0/s1. The number of piperidine rings is 1. The van der Waals surface area contributed by atoms with E-state index in [4.69, 9.17) is 0 Å². The van der Waals surface area contributed by atoms with Crippen LogP contribution in [-0.2, 0) is 11.3 Å². The number of para-hydroxylation sites is 2. The van der Waals surface area contributed by atoms with E-state index in [-0.39, 0.29) is 17.9 Å². The van der Waals surface area contributed by atoms with Gasteiger partial charge in [0.15, 0.2) is 5.82 Å². The highest BCUT2D eigenvalue weighted by Gasteiger charge is 2.48. The zero-order valence-electron chi connectivity index (χ0n) is 22.5. The number of likely N-dealkylation sites (tertiary alicyclic amines) is 1. The van der Waals surface area contributed by atoms with Gasteiger partial charge in [-0.15, -0.1) is 0 Å². The van der Waals surface area contributed by atoms with Crippen LogP contribution in [0, 0.1) is 17.8 Å². The number of imidazole rings is 1. The number of hydrogen-bond donors (Lipinski definition) is 1. The maximum absolute atomic E-state index is 13.9. The van der Waals surface area contributed by atoms with E-state index in [2.05, 4.69) is 36.0 Å². The van der Waals surface area contributed by atoms with Gasteiger partial charge in [-0.1, -0.05) is 32.9 Å². The van der Waals surface area contributed by atoms with Crippen molar-refractivity contribution in [2.75, 3.05) is 26.2 Å². The van der Waals surface area contributed by atoms with Crippen LogP contribution in [0.5, 0.6) is 0 Å². The lowest BCUT2D eigenvalue weighted by molar-refractivity contribution is -0.134. The Morgan fingerprint density at radius 3 is 2.44 bits per heavy atom. The Kier molecular flexibility index (Phi) is 7.12. The summed E-state index contributed by atoms with van der Waals surface area (Å²) in [5.41, 5.74) is 0.782. The molecule has 1 aromatic heterocycles. The number of rotatable bonds is 6. The number of amides is 2. The minimum atomic E-state index is -0.945. The molecule has 2 aliphatic heterocycles. The molecule has 2 aromatic rings. The van der Waals surface area contributed by atoms with Gasteiger partial charge in [0.25, 0.3) is 5.91 Å². The molecule has 1 aliphatic carbocycles. The van der Waals surface area contributed by atoms with Gasteiger partial charge in [-0.2, -0.15) is 0 Å². The molecular weight excluding hydrogens is 450 g/mol. The predicted molar refractivity (Wildman–Crippen MR) is 143 cm³/mol. The minimum Gasteiger partial charge on any atom is -0.351 e. The zero-order chi connectivity index (χ0) is 25.4. The van der Waals surface area contributed by atoms with Crippen LogP contribution in [0.2, 0.25) is 0 Å². The van der Waals surface area contributed by atoms with Crippen LogP contribution in [0.25, 0.3) is 11.0 Å². The average molecular weight is 494 g/mol. The van der Waals surface area contributed by atoms with Crippen molar-refractivity contribution in [2.45, 2.75) is 84.3 Å². The second kappa shape index (κ2) is 10.2. The summed E-state index contributed by atoms with van der Waals surface area (Å²) in [6.45, 7) is 13.1. The SMILES string of the molecule is CC1CCC(NC(=O)[C@]2(C)Cn3c(nc4ccccc43)C(=O)N2CCCN2C[C@@H](C)C[C@H](C)C2)CC1. The minimum absolute atomic E-state index is 0.0287. The van der Waals surface area contributed by atoms with E-state index < -0.39 is 5.54 Å². The Morgan fingerprint density at radius 1 is 1.03 bits per heavy atom. The van der Waals surface area contributed by atoms with Crippen LogP contribution in [0.3, 0.4) is 0 Å². The molecule has 2 amide bonds. The largest absolute Gasteiger partial charge is 0.351 e. The zero-order valence-corrected chi connectivity index (χ0v) is 22.5. The molecule has 1 saturated carbocycles. The number of nitrogens with one attached hydrogen (secondary N) is 1. The number of fused-ring (bicyclic) bond motifs is 3. The summed E-state index contributed by atoms with van der Waals surface area (Å²) in [7, 11) is 0. The van der Waals surface area contributed by atoms with Crippen molar-refractivity contribution in [1.82, 2.24) is 24.7 Å². The smallest absolute Gasteiger partial charge is 0.290 e. The number of aromatic nitrogens is 2. The van der Waals surface area contributed by atoms with Gasteiger partial charge in [-0.05, 0) is 81.9 Å². The van der Waals surface area contributed by atoms with Crippen LogP contribution < -0.4 is 5.32 Å². The Balaban J connectivity index is 1.37. The number of hydrogen-bond acceptors (Lipinski definition) is 4. The molecule has 196 valence electrons. The molecule has 1 saturated heterocycles. The maximum atomic E-state index is 13.9. The predicted octanol–water partition coefficient (Wildman–Crippen LogP) is 4.31. The Hall–Kier alpha value is -2.41. The molecule has 36 heavy (non-hydrogen) atoms. The summed E-state index contributed by atoms with van der Waals surface area (Å²) in [4.78, 5) is 36.8. The van der Waals surface area contributed by atoms with Gasteiger partial charge < -0.3 is 19.7 Å². The summed E-state index contributed by atoms with van der Waals surface area (Å²) >= 11 is 0. The normalized spacial score (nSPS) is 31.4. The van der Waals surface area contributed by atoms with Gasteiger partial charge in [0.1, 0.15) is 5.54 Å². The fourth-order valence-electron chi connectivity index (χ4n) is 6.85. The van der Waals surface area contributed by atoms with Crippen LogP contribution in [0.15, 0.2) is 24.3 Å². The van der Waals surface area contributed by atoms with E-state index >= 15 is 0 Å². The van der Waals surface area contributed by atoms with Crippen molar-refractivity contribution in [1.29, 1.82) is 0 Å². The molecule has 7 heteroatoms. The summed E-state index contributed by atoms with van der Waals surface area (Å²) in [6.07, 6.45) is 6.47. The highest BCUT2D eigenvalue weighted by atomic mass is 16.2. The van der Waals surface area contributed by atoms with Crippen LogP contribution in [0.4, 0.5) is 0 Å². The Morgan fingerprint density at radius 2 is 1.72 bits per heavy atom. The molecule has 0 radical (unpaired) electrons. The molecule has 0 unspecified atom stereocenters. The molecule has 0 spiro atoms. The molecule has 2 fully saturated rings. The summed E-state index contributed by atoms with van der Waals surface area (Å²) < 4.78 is 1.96. The lowest BCUT2D eigenvalue weighted by Gasteiger charge is -2.45. The highest BCUT2D eigenvalue weighted by molar-refractivity contribution is 6.01. The van der Waals surface area contributed by atoms with Crippen LogP contribution >= 0.6 is 0 Å². The first-order valence-electron chi connectivity index (χ1n) is 14.0. The number of carbonyl (C=O) groups excluding carboxylic acids is 2. The molecule has 0 bridgehead atoms. The fraction of sp³-hybridized carbons (Fsp3) is 0.690.